The third kappa shape index (κ3) is 4.32. The van der Waals surface area contributed by atoms with E-state index in [0.29, 0.717) is 18.1 Å². The van der Waals surface area contributed by atoms with Gasteiger partial charge in [-0.25, -0.2) is 0 Å². The standard InChI is InChI=1S/C18H30N2/c1-4-20(14-16-10-6-5-7-11-16)18-13-9-8-12-17(18)19-15(2)3/h5-7,10-11,15,17-19H,4,8-9,12-14H2,1-3H3/t17-,18-/m0/s1. The van der Waals surface area contributed by atoms with Crippen LogP contribution in [0.1, 0.15) is 52.0 Å². The summed E-state index contributed by atoms with van der Waals surface area (Å²) < 4.78 is 0. The Morgan fingerprint density at radius 3 is 2.50 bits per heavy atom. The van der Waals surface area contributed by atoms with Crippen molar-refractivity contribution in [3.8, 4) is 0 Å². The van der Waals surface area contributed by atoms with Crippen LogP contribution >= 0.6 is 0 Å². The smallest absolute Gasteiger partial charge is 0.0252 e. The lowest BCUT2D eigenvalue weighted by Crippen LogP contribution is -2.53. The minimum atomic E-state index is 0.580. The Balaban J connectivity index is 2.03. The molecule has 0 bridgehead atoms. The molecule has 1 aromatic carbocycles. The molecule has 2 rings (SSSR count). The quantitative estimate of drug-likeness (QED) is 0.848. The molecular formula is C18H30N2. The highest BCUT2D eigenvalue weighted by molar-refractivity contribution is 5.14. The van der Waals surface area contributed by atoms with E-state index in [9.17, 15) is 0 Å². The van der Waals surface area contributed by atoms with Gasteiger partial charge in [0.1, 0.15) is 0 Å². The highest BCUT2D eigenvalue weighted by Crippen LogP contribution is 2.25. The molecule has 0 aromatic heterocycles. The molecule has 0 unspecified atom stereocenters. The summed E-state index contributed by atoms with van der Waals surface area (Å²) in [6.07, 6.45) is 5.43. The average Bonchev–Trinajstić information content (AvgIpc) is 2.46. The Labute approximate surface area is 124 Å². The summed E-state index contributed by atoms with van der Waals surface area (Å²) >= 11 is 0. The van der Waals surface area contributed by atoms with Gasteiger partial charge in [-0.2, -0.15) is 0 Å². The molecule has 0 heterocycles. The predicted octanol–water partition coefficient (Wildman–Crippen LogP) is 3.82. The summed E-state index contributed by atoms with van der Waals surface area (Å²) in [5.74, 6) is 0. The molecule has 0 amide bonds. The van der Waals surface area contributed by atoms with Gasteiger partial charge in [-0.1, -0.05) is 63.9 Å². The monoisotopic (exact) mass is 274 g/mol. The molecule has 2 heteroatoms. The fourth-order valence-corrected chi connectivity index (χ4v) is 3.45. The minimum Gasteiger partial charge on any atom is -0.310 e. The molecule has 1 saturated carbocycles. The maximum atomic E-state index is 3.79. The van der Waals surface area contributed by atoms with E-state index in [1.807, 2.05) is 0 Å². The van der Waals surface area contributed by atoms with Gasteiger partial charge in [-0.15, -0.1) is 0 Å². The van der Waals surface area contributed by atoms with E-state index in [1.165, 1.54) is 31.2 Å². The van der Waals surface area contributed by atoms with Gasteiger partial charge in [0.25, 0.3) is 0 Å². The Morgan fingerprint density at radius 1 is 1.15 bits per heavy atom. The first-order valence-electron chi connectivity index (χ1n) is 8.24. The third-order valence-corrected chi connectivity index (χ3v) is 4.38. The highest BCUT2D eigenvalue weighted by atomic mass is 15.2. The molecule has 1 fully saturated rings. The third-order valence-electron chi connectivity index (χ3n) is 4.38. The first-order chi connectivity index (χ1) is 9.70. The van der Waals surface area contributed by atoms with Gasteiger partial charge in [0.15, 0.2) is 0 Å². The van der Waals surface area contributed by atoms with Crippen LogP contribution in [0.2, 0.25) is 0 Å². The highest BCUT2D eigenvalue weighted by Gasteiger charge is 2.29. The molecule has 2 nitrogen and oxygen atoms in total. The molecule has 1 aliphatic carbocycles. The van der Waals surface area contributed by atoms with Crippen molar-refractivity contribution in [1.29, 1.82) is 0 Å². The molecule has 1 aliphatic rings. The van der Waals surface area contributed by atoms with Crippen LogP contribution in [0.3, 0.4) is 0 Å². The summed E-state index contributed by atoms with van der Waals surface area (Å²) in [4.78, 5) is 2.66. The molecule has 20 heavy (non-hydrogen) atoms. The van der Waals surface area contributed by atoms with Crippen LogP contribution in [0, 0.1) is 0 Å². The molecule has 1 aromatic rings. The van der Waals surface area contributed by atoms with Crippen LogP contribution in [0.15, 0.2) is 30.3 Å². The summed E-state index contributed by atoms with van der Waals surface area (Å²) in [7, 11) is 0. The number of hydrogen-bond donors (Lipinski definition) is 1. The van der Waals surface area contributed by atoms with Crippen LogP contribution in [-0.4, -0.2) is 29.6 Å². The van der Waals surface area contributed by atoms with Crippen molar-refractivity contribution in [2.45, 2.75) is 71.1 Å². The number of nitrogens with zero attached hydrogens (tertiary/aromatic N) is 1. The predicted molar refractivity (Wildman–Crippen MR) is 86.8 cm³/mol. The molecule has 1 N–H and O–H groups in total. The molecular weight excluding hydrogens is 244 g/mol. The van der Waals surface area contributed by atoms with Crippen molar-refractivity contribution < 1.29 is 0 Å². The Morgan fingerprint density at radius 2 is 1.85 bits per heavy atom. The Kier molecular flexibility index (Phi) is 6.06. The summed E-state index contributed by atoms with van der Waals surface area (Å²) in [5, 5.41) is 3.79. The Bertz CT molecular complexity index is 374. The summed E-state index contributed by atoms with van der Waals surface area (Å²) in [5.41, 5.74) is 1.43. The number of nitrogens with one attached hydrogen (secondary N) is 1. The second kappa shape index (κ2) is 7.80. The van der Waals surface area contributed by atoms with E-state index >= 15 is 0 Å². The normalized spacial score (nSPS) is 23.4. The van der Waals surface area contributed by atoms with Crippen LogP contribution in [0.25, 0.3) is 0 Å². The van der Waals surface area contributed by atoms with E-state index in [-0.39, 0.29) is 0 Å². The van der Waals surface area contributed by atoms with Gasteiger partial charge in [0, 0.05) is 24.7 Å². The van der Waals surface area contributed by atoms with Crippen molar-refractivity contribution in [2.75, 3.05) is 6.54 Å². The van der Waals surface area contributed by atoms with Gasteiger partial charge < -0.3 is 5.32 Å². The van der Waals surface area contributed by atoms with Gasteiger partial charge >= 0.3 is 0 Å². The molecule has 0 spiro atoms. The van der Waals surface area contributed by atoms with Gasteiger partial charge in [-0.3, -0.25) is 4.90 Å². The molecule has 0 radical (unpaired) electrons. The largest absolute Gasteiger partial charge is 0.310 e. The van der Waals surface area contributed by atoms with Crippen LogP contribution < -0.4 is 5.32 Å². The zero-order chi connectivity index (χ0) is 14.4. The second-order valence-corrected chi connectivity index (χ2v) is 6.33. The van der Waals surface area contributed by atoms with Crippen molar-refractivity contribution in [3.63, 3.8) is 0 Å². The zero-order valence-corrected chi connectivity index (χ0v) is 13.3. The van der Waals surface area contributed by atoms with Crippen molar-refractivity contribution in [1.82, 2.24) is 10.2 Å². The van der Waals surface area contributed by atoms with Crippen LogP contribution in [-0.2, 0) is 6.54 Å². The van der Waals surface area contributed by atoms with Crippen LogP contribution in [0.5, 0.6) is 0 Å². The minimum absolute atomic E-state index is 0.580. The molecule has 0 aliphatic heterocycles. The fraction of sp³-hybridized carbons (Fsp3) is 0.667. The lowest BCUT2D eigenvalue weighted by molar-refractivity contribution is 0.116. The molecule has 0 saturated heterocycles. The van der Waals surface area contributed by atoms with E-state index in [2.05, 4.69) is 61.3 Å². The fourth-order valence-electron chi connectivity index (χ4n) is 3.45. The lowest BCUT2D eigenvalue weighted by atomic mass is 9.88. The summed E-state index contributed by atoms with van der Waals surface area (Å²) in [6.45, 7) is 9.04. The molecule has 2 atom stereocenters. The van der Waals surface area contributed by atoms with Crippen molar-refractivity contribution in [2.24, 2.45) is 0 Å². The van der Waals surface area contributed by atoms with Crippen LogP contribution in [0.4, 0.5) is 0 Å². The zero-order valence-electron chi connectivity index (χ0n) is 13.3. The van der Waals surface area contributed by atoms with E-state index in [1.54, 1.807) is 0 Å². The van der Waals surface area contributed by atoms with E-state index in [4.69, 9.17) is 0 Å². The Hall–Kier alpha value is -0.860. The number of rotatable bonds is 6. The topological polar surface area (TPSA) is 15.3 Å². The summed E-state index contributed by atoms with van der Waals surface area (Å²) in [6, 6.07) is 12.8. The van der Waals surface area contributed by atoms with Crippen molar-refractivity contribution >= 4 is 0 Å². The maximum absolute atomic E-state index is 3.79. The van der Waals surface area contributed by atoms with Gasteiger partial charge in [0.05, 0.1) is 0 Å². The van der Waals surface area contributed by atoms with Gasteiger partial charge in [0.2, 0.25) is 0 Å². The SMILES string of the molecule is CCN(Cc1ccccc1)[C@H]1CCCC[C@@H]1NC(C)C. The lowest BCUT2D eigenvalue weighted by Gasteiger charge is -2.41. The number of hydrogen-bond acceptors (Lipinski definition) is 2. The van der Waals surface area contributed by atoms with Crippen molar-refractivity contribution in [3.05, 3.63) is 35.9 Å². The number of likely N-dealkylation sites (N-methyl/N-ethyl adjacent to an activating group) is 1. The van der Waals surface area contributed by atoms with E-state index in [0.717, 1.165) is 13.1 Å². The first-order valence-corrected chi connectivity index (χ1v) is 8.24. The molecule has 112 valence electrons. The van der Waals surface area contributed by atoms with E-state index < -0.39 is 0 Å². The maximum Gasteiger partial charge on any atom is 0.0252 e. The second-order valence-electron chi connectivity index (χ2n) is 6.33. The first kappa shape index (κ1) is 15.5. The number of benzene rings is 1. The average molecular weight is 274 g/mol. The van der Waals surface area contributed by atoms with Gasteiger partial charge in [-0.05, 0) is 24.9 Å².